The molecular formula is C22H24F4O2. The van der Waals surface area contributed by atoms with Gasteiger partial charge in [-0.15, -0.1) is 0 Å². The Bertz CT molecular complexity index is 786. The maximum Gasteiger partial charge on any atom is 0.389 e. The van der Waals surface area contributed by atoms with Crippen LogP contribution in [0.5, 0.6) is 11.5 Å². The van der Waals surface area contributed by atoms with Gasteiger partial charge in [-0.2, -0.15) is 13.2 Å². The summed E-state index contributed by atoms with van der Waals surface area (Å²) in [7, 11) is 3.08. The molecule has 152 valence electrons. The molecule has 0 heterocycles. The highest BCUT2D eigenvalue weighted by Crippen LogP contribution is 2.35. The molecule has 0 unspecified atom stereocenters. The van der Waals surface area contributed by atoms with Crippen LogP contribution in [0.1, 0.15) is 43.7 Å². The van der Waals surface area contributed by atoms with Gasteiger partial charge in [0.05, 0.1) is 14.2 Å². The van der Waals surface area contributed by atoms with Crippen LogP contribution in [-0.2, 0) is 0 Å². The highest BCUT2D eigenvalue weighted by Gasteiger charge is 2.26. The van der Waals surface area contributed by atoms with Gasteiger partial charge in [-0.25, -0.2) is 4.39 Å². The third-order valence-corrected chi connectivity index (χ3v) is 4.57. The summed E-state index contributed by atoms with van der Waals surface area (Å²) in [4.78, 5) is 0. The van der Waals surface area contributed by atoms with Crippen LogP contribution in [0.15, 0.2) is 42.5 Å². The molecule has 2 nitrogen and oxygen atoms in total. The standard InChI is InChI=1S/C22H24F4O2/c1-15(16-7-9-18(23)10-8-16)21(6-4-5-11-22(24,25)26)17-12-19(27-2)14-20(13-17)28-3/h7-10,12-14H,4-6,11H2,1-3H3/b21-15+. The van der Waals surface area contributed by atoms with E-state index in [-0.39, 0.29) is 12.2 Å². The maximum atomic E-state index is 13.3. The fraction of sp³-hybridized carbons (Fsp3) is 0.364. The SMILES string of the molecule is COc1cc(OC)cc(/C(CCCCC(F)(F)F)=C(\C)c2ccc(F)cc2)c1. The van der Waals surface area contributed by atoms with Crippen LogP contribution in [-0.4, -0.2) is 20.4 Å². The summed E-state index contributed by atoms with van der Waals surface area (Å²) in [5, 5.41) is 0. The Morgan fingerprint density at radius 1 is 0.857 bits per heavy atom. The molecule has 2 rings (SSSR count). The molecule has 0 saturated heterocycles. The van der Waals surface area contributed by atoms with Crippen molar-refractivity contribution in [1.29, 1.82) is 0 Å². The number of benzene rings is 2. The first kappa shape index (κ1) is 21.8. The van der Waals surface area contributed by atoms with E-state index in [9.17, 15) is 17.6 Å². The average Bonchev–Trinajstić information content (AvgIpc) is 2.66. The van der Waals surface area contributed by atoms with Crippen LogP contribution in [0.3, 0.4) is 0 Å². The molecular weight excluding hydrogens is 372 g/mol. The summed E-state index contributed by atoms with van der Waals surface area (Å²) < 4.78 is 61.4. The van der Waals surface area contributed by atoms with Gasteiger partial charge in [0, 0.05) is 12.5 Å². The molecule has 0 amide bonds. The Hall–Kier alpha value is -2.50. The number of allylic oxidation sites excluding steroid dienone is 2. The smallest absolute Gasteiger partial charge is 0.389 e. The summed E-state index contributed by atoms with van der Waals surface area (Å²) in [5.74, 6) is 0.842. The van der Waals surface area contributed by atoms with Gasteiger partial charge in [0.25, 0.3) is 0 Å². The van der Waals surface area contributed by atoms with Crippen LogP contribution in [0, 0.1) is 5.82 Å². The van der Waals surface area contributed by atoms with E-state index in [1.54, 1.807) is 18.2 Å². The Kier molecular flexibility index (Phi) is 7.49. The zero-order chi connectivity index (χ0) is 20.7. The molecule has 0 aliphatic carbocycles. The van der Waals surface area contributed by atoms with Gasteiger partial charge in [-0.1, -0.05) is 12.1 Å². The first-order valence-corrected chi connectivity index (χ1v) is 8.99. The molecule has 0 spiro atoms. The van der Waals surface area contributed by atoms with Gasteiger partial charge in [-0.05, 0) is 72.7 Å². The van der Waals surface area contributed by atoms with Crippen LogP contribution >= 0.6 is 0 Å². The van der Waals surface area contributed by atoms with Crippen LogP contribution < -0.4 is 9.47 Å². The molecule has 0 aliphatic rings. The molecule has 2 aromatic rings. The summed E-state index contributed by atoms with van der Waals surface area (Å²) in [5.41, 5.74) is 3.38. The van der Waals surface area contributed by atoms with Gasteiger partial charge < -0.3 is 9.47 Å². The Morgan fingerprint density at radius 3 is 1.93 bits per heavy atom. The molecule has 0 radical (unpaired) electrons. The molecule has 0 aromatic heterocycles. The normalized spacial score (nSPS) is 12.5. The minimum atomic E-state index is -4.16. The van der Waals surface area contributed by atoms with E-state index >= 15 is 0 Å². The summed E-state index contributed by atoms with van der Waals surface area (Å²) in [6.07, 6.45) is -4.08. The van der Waals surface area contributed by atoms with E-state index in [0.29, 0.717) is 24.3 Å². The zero-order valence-electron chi connectivity index (χ0n) is 16.2. The second kappa shape index (κ2) is 9.62. The van der Waals surface area contributed by atoms with Crippen molar-refractivity contribution in [1.82, 2.24) is 0 Å². The first-order valence-electron chi connectivity index (χ1n) is 8.99. The van der Waals surface area contributed by atoms with Crippen molar-refractivity contribution in [2.75, 3.05) is 14.2 Å². The van der Waals surface area contributed by atoms with Crippen molar-refractivity contribution in [2.24, 2.45) is 0 Å². The molecule has 2 aromatic carbocycles. The second-order valence-electron chi connectivity index (χ2n) is 6.53. The van der Waals surface area contributed by atoms with E-state index in [0.717, 1.165) is 22.3 Å². The van der Waals surface area contributed by atoms with Crippen LogP contribution in [0.4, 0.5) is 17.6 Å². The van der Waals surface area contributed by atoms with E-state index < -0.39 is 12.6 Å². The van der Waals surface area contributed by atoms with Crippen molar-refractivity contribution >= 4 is 11.1 Å². The number of hydrogen-bond donors (Lipinski definition) is 0. The molecule has 0 fully saturated rings. The third kappa shape index (κ3) is 6.29. The zero-order valence-corrected chi connectivity index (χ0v) is 16.2. The highest BCUT2D eigenvalue weighted by molar-refractivity contribution is 5.90. The lowest BCUT2D eigenvalue weighted by Crippen LogP contribution is -2.06. The van der Waals surface area contributed by atoms with E-state index in [4.69, 9.17) is 9.47 Å². The molecule has 0 N–H and O–H groups in total. The van der Waals surface area contributed by atoms with E-state index in [1.807, 2.05) is 19.1 Å². The van der Waals surface area contributed by atoms with Gasteiger partial charge >= 0.3 is 6.18 Å². The summed E-state index contributed by atoms with van der Waals surface area (Å²) in [6, 6.07) is 11.5. The number of ether oxygens (including phenoxy) is 2. The predicted molar refractivity (Wildman–Crippen MR) is 103 cm³/mol. The second-order valence-corrected chi connectivity index (χ2v) is 6.53. The molecule has 0 saturated carbocycles. The Morgan fingerprint density at radius 2 is 1.43 bits per heavy atom. The lowest BCUT2D eigenvalue weighted by Gasteiger charge is -2.16. The van der Waals surface area contributed by atoms with Crippen molar-refractivity contribution in [3.63, 3.8) is 0 Å². The van der Waals surface area contributed by atoms with E-state index in [2.05, 4.69) is 0 Å². The molecule has 6 heteroatoms. The third-order valence-electron chi connectivity index (χ3n) is 4.57. The number of methoxy groups -OCH3 is 2. The fourth-order valence-electron chi connectivity index (χ4n) is 3.03. The Labute approximate surface area is 162 Å². The molecule has 0 aliphatic heterocycles. The minimum absolute atomic E-state index is 0.0464. The minimum Gasteiger partial charge on any atom is -0.497 e. The number of alkyl halides is 3. The fourth-order valence-corrected chi connectivity index (χ4v) is 3.03. The lowest BCUT2D eigenvalue weighted by molar-refractivity contribution is -0.135. The molecule has 28 heavy (non-hydrogen) atoms. The maximum absolute atomic E-state index is 13.3. The van der Waals surface area contributed by atoms with Gasteiger partial charge in [-0.3, -0.25) is 0 Å². The average molecular weight is 396 g/mol. The highest BCUT2D eigenvalue weighted by atomic mass is 19.4. The number of rotatable bonds is 8. The first-order chi connectivity index (χ1) is 13.2. The predicted octanol–water partition coefficient (Wildman–Crippen LogP) is 6.90. The number of halogens is 4. The summed E-state index contributed by atoms with van der Waals surface area (Å²) in [6.45, 7) is 1.89. The van der Waals surface area contributed by atoms with Crippen molar-refractivity contribution in [3.05, 3.63) is 59.4 Å². The van der Waals surface area contributed by atoms with Gasteiger partial charge in [0.1, 0.15) is 17.3 Å². The van der Waals surface area contributed by atoms with Gasteiger partial charge in [0.15, 0.2) is 0 Å². The molecule has 0 atom stereocenters. The largest absolute Gasteiger partial charge is 0.497 e. The Balaban J connectivity index is 2.41. The van der Waals surface area contributed by atoms with Crippen LogP contribution in [0.25, 0.3) is 11.1 Å². The monoisotopic (exact) mass is 396 g/mol. The van der Waals surface area contributed by atoms with Crippen molar-refractivity contribution in [2.45, 2.75) is 38.8 Å². The summed E-state index contributed by atoms with van der Waals surface area (Å²) >= 11 is 0. The van der Waals surface area contributed by atoms with Gasteiger partial charge in [0.2, 0.25) is 0 Å². The quantitative estimate of drug-likeness (QED) is 0.275. The number of hydrogen-bond acceptors (Lipinski definition) is 2. The lowest BCUT2D eigenvalue weighted by atomic mass is 9.91. The number of unbranched alkanes of at least 4 members (excludes halogenated alkanes) is 1. The van der Waals surface area contributed by atoms with E-state index in [1.165, 1.54) is 26.4 Å². The molecule has 0 bridgehead atoms. The topological polar surface area (TPSA) is 18.5 Å². The van der Waals surface area contributed by atoms with Crippen molar-refractivity contribution < 1.29 is 27.0 Å². The van der Waals surface area contributed by atoms with Crippen molar-refractivity contribution in [3.8, 4) is 11.5 Å². The van der Waals surface area contributed by atoms with Crippen LogP contribution in [0.2, 0.25) is 0 Å².